The maximum absolute atomic E-state index is 11.1. The number of nitrogens with one attached hydrogen (secondary N) is 1. The molecule has 1 radical (unpaired) electrons. The van der Waals surface area contributed by atoms with Crippen molar-refractivity contribution < 1.29 is 14.7 Å². The summed E-state index contributed by atoms with van der Waals surface area (Å²) in [6, 6.07) is 0. The Labute approximate surface area is 151 Å². The Hall–Kier alpha value is -0.320. The van der Waals surface area contributed by atoms with E-state index in [0.717, 1.165) is 25.0 Å². The molecule has 0 atom stereocenters. The zero-order chi connectivity index (χ0) is 15.1. The number of hydrogen-bond acceptors (Lipinski definition) is 2. The molecular weight excluding hydrogens is 277 g/mol. The Kier molecular flexibility index (Phi) is 19.4. The Balaban J connectivity index is 0. The maximum atomic E-state index is 11.1. The molecule has 0 heterocycles. The molecule has 5 heteroatoms. The molecule has 0 fully saturated rings. The van der Waals surface area contributed by atoms with Crippen molar-refractivity contribution in [3.8, 4) is 0 Å². The predicted octanol–water partition coefficient (Wildman–Crippen LogP) is 3.28. The van der Waals surface area contributed by atoms with Gasteiger partial charge in [-0.15, -0.1) is 0 Å². The number of carbonyl (C=O) groups is 2. The van der Waals surface area contributed by atoms with Crippen molar-refractivity contribution >= 4 is 41.4 Å². The molecule has 117 valence electrons. The molecule has 0 aliphatic heterocycles. The van der Waals surface area contributed by atoms with Gasteiger partial charge in [0.2, 0.25) is 5.91 Å². The Morgan fingerprint density at radius 1 is 0.857 bits per heavy atom. The van der Waals surface area contributed by atoms with Crippen LogP contribution in [-0.2, 0) is 9.59 Å². The van der Waals surface area contributed by atoms with Crippen LogP contribution < -0.4 is 5.32 Å². The second-order valence-corrected chi connectivity index (χ2v) is 5.14. The minimum Gasteiger partial charge on any atom is -0.478 e. The zero-order valence-corrected chi connectivity index (χ0v) is 15.7. The van der Waals surface area contributed by atoms with Gasteiger partial charge in [-0.05, 0) is 6.42 Å². The summed E-state index contributed by atoms with van der Waals surface area (Å²) in [6.45, 7) is 2.86. The minimum absolute atomic E-state index is 0. The molecule has 0 aromatic carbocycles. The van der Waals surface area contributed by atoms with Gasteiger partial charge in [-0.2, -0.15) is 0 Å². The van der Waals surface area contributed by atoms with Gasteiger partial charge in [0.1, 0.15) is 0 Å². The van der Waals surface area contributed by atoms with Crippen LogP contribution in [0.2, 0.25) is 0 Å². The molecule has 1 amide bonds. The van der Waals surface area contributed by atoms with Crippen LogP contribution in [0.4, 0.5) is 0 Å². The average molecular weight is 306 g/mol. The van der Waals surface area contributed by atoms with E-state index in [0.29, 0.717) is 6.54 Å². The number of carboxylic acid groups (broad SMARTS) is 1. The molecule has 0 aliphatic carbocycles. The van der Waals surface area contributed by atoms with Crippen LogP contribution in [0.25, 0.3) is 0 Å². The van der Waals surface area contributed by atoms with Gasteiger partial charge in [-0.25, -0.2) is 4.79 Å². The molecule has 0 aliphatic rings. The fourth-order valence-electron chi connectivity index (χ4n) is 2.03. The van der Waals surface area contributed by atoms with Crippen LogP contribution in [-0.4, -0.2) is 53.1 Å². The minimum atomic E-state index is -1.10. The summed E-state index contributed by atoms with van der Waals surface area (Å²) < 4.78 is 0. The van der Waals surface area contributed by atoms with Gasteiger partial charge in [0, 0.05) is 48.3 Å². The van der Waals surface area contributed by atoms with Crippen LogP contribution in [0.3, 0.4) is 0 Å². The molecule has 0 aromatic rings. The van der Waals surface area contributed by atoms with E-state index in [1.807, 2.05) is 0 Å². The van der Waals surface area contributed by atoms with Gasteiger partial charge >= 0.3 is 5.97 Å². The summed E-state index contributed by atoms with van der Waals surface area (Å²) in [6.07, 6.45) is 14.5. The molecule has 0 unspecified atom stereocenters. The predicted molar refractivity (Wildman–Crippen MR) is 87.4 cm³/mol. The molecule has 0 saturated heterocycles. The van der Waals surface area contributed by atoms with E-state index in [1.165, 1.54) is 51.4 Å². The van der Waals surface area contributed by atoms with Gasteiger partial charge < -0.3 is 10.4 Å². The van der Waals surface area contributed by atoms with E-state index >= 15 is 0 Å². The van der Waals surface area contributed by atoms with Gasteiger partial charge in [0.15, 0.2) is 0 Å². The van der Waals surface area contributed by atoms with E-state index < -0.39 is 5.97 Å². The number of carboxylic acids is 1. The third-order valence-corrected chi connectivity index (χ3v) is 3.21. The first-order valence-corrected chi connectivity index (χ1v) is 7.85. The Morgan fingerprint density at radius 2 is 1.33 bits per heavy atom. The third kappa shape index (κ3) is 19.7. The summed E-state index contributed by atoms with van der Waals surface area (Å²) in [5.74, 6) is -1.43. The molecule has 21 heavy (non-hydrogen) atoms. The summed E-state index contributed by atoms with van der Waals surface area (Å²) in [4.78, 5) is 21.3. The Bertz CT molecular complexity index is 293. The largest absolute Gasteiger partial charge is 0.478 e. The molecule has 0 rings (SSSR count). The summed E-state index contributed by atoms with van der Waals surface area (Å²) in [5, 5.41) is 11.0. The van der Waals surface area contributed by atoms with E-state index in [9.17, 15) is 9.59 Å². The number of hydrogen-bond donors (Lipinski definition) is 2. The number of rotatable bonds is 13. The summed E-state index contributed by atoms with van der Waals surface area (Å²) >= 11 is 0. The van der Waals surface area contributed by atoms with Gasteiger partial charge in [-0.3, -0.25) is 4.79 Å². The number of unbranched alkanes of at least 4 members (excludes halogenated alkanes) is 9. The van der Waals surface area contributed by atoms with E-state index in [2.05, 4.69) is 12.2 Å². The molecular formula is C16H29NNaO3. The molecule has 4 nitrogen and oxygen atoms in total. The smallest absolute Gasteiger partial charge is 0.328 e. The van der Waals surface area contributed by atoms with Crippen molar-refractivity contribution in [1.29, 1.82) is 0 Å². The van der Waals surface area contributed by atoms with E-state index in [1.54, 1.807) is 0 Å². The van der Waals surface area contributed by atoms with Crippen molar-refractivity contribution in [2.45, 2.75) is 71.1 Å². The van der Waals surface area contributed by atoms with Gasteiger partial charge in [0.05, 0.1) is 0 Å². The number of aliphatic carboxylic acids is 1. The van der Waals surface area contributed by atoms with Crippen molar-refractivity contribution in [3.05, 3.63) is 12.2 Å². The van der Waals surface area contributed by atoms with Crippen LogP contribution in [0.5, 0.6) is 0 Å². The molecule has 0 saturated carbocycles. The van der Waals surface area contributed by atoms with E-state index in [4.69, 9.17) is 5.11 Å². The van der Waals surface area contributed by atoms with Gasteiger partial charge in [0.25, 0.3) is 0 Å². The quantitative estimate of drug-likeness (QED) is 0.312. The first kappa shape index (κ1) is 23.0. The van der Waals surface area contributed by atoms with Crippen molar-refractivity contribution in [3.63, 3.8) is 0 Å². The monoisotopic (exact) mass is 306 g/mol. The second kappa shape index (κ2) is 17.7. The zero-order valence-electron chi connectivity index (χ0n) is 13.7. The Morgan fingerprint density at radius 3 is 1.81 bits per heavy atom. The van der Waals surface area contributed by atoms with Crippen LogP contribution in [0.15, 0.2) is 12.2 Å². The fourth-order valence-corrected chi connectivity index (χ4v) is 2.03. The standard InChI is InChI=1S/C16H29NO3.Na/c1-2-3-4-5-6-7-8-9-10-11-14-17-15(18)12-13-16(19)20;/h12-13H,2-11,14H2,1H3,(H,17,18)(H,19,20);/b13-12-;. The summed E-state index contributed by atoms with van der Waals surface area (Å²) in [5.41, 5.74) is 0. The second-order valence-electron chi connectivity index (χ2n) is 5.14. The van der Waals surface area contributed by atoms with Crippen LogP contribution in [0, 0.1) is 0 Å². The van der Waals surface area contributed by atoms with Crippen molar-refractivity contribution in [1.82, 2.24) is 5.32 Å². The molecule has 0 spiro atoms. The number of carbonyl (C=O) groups excluding carboxylic acids is 1. The normalized spacial score (nSPS) is 10.3. The summed E-state index contributed by atoms with van der Waals surface area (Å²) in [7, 11) is 0. The van der Waals surface area contributed by atoms with Crippen molar-refractivity contribution in [2.75, 3.05) is 6.54 Å². The first-order chi connectivity index (χ1) is 9.66. The third-order valence-electron chi connectivity index (χ3n) is 3.21. The first-order valence-electron chi connectivity index (χ1n) is 7.85. The molecule has 0 bridgehead atoms. The number of amides is 1. The van der Waals surface area contributed by atoms with Crippen LogP contribution >= 0.6 is 0 Å². The topological polar surface area (TPSA) is 66.4 Å². The average Bonchev–Trinajstić information content (AvgIpc) is 2.42. The van der Waals surface area contributed by atoms with Gasteiger partial charge in [-0.1, -0.05) is 64.7 Å². The molecule has 0 aromatic heterocycles. The maximum Gasteiger partial charge on any atom is 0.328 e. The van der Waals surface area contributed by atoms with E-state index in [-0.39, 0.29) is 35.5 Å². The van der Waals surface area contributed by atoms with Crippen molar-refractivity contribution in [2.24, 2.45) is 0 Å². The molecule has 2 N–H and O–H groups in total. The fraction of sp³-hybridized carbons (Fsp3) is 0.750. The van der Waals surface area contributed by atoms with Crippen LogP contribution in [0.1, 0.15) is 71.1 Å². The SMILES string of the molecule is CCCCCCCCCCCCNC(=O)/C=C\C(=O)O.[Na].